The highest BCUT2D eigenvalue weighted by Gasteiger charge is 2.42. The van der Waals surface area contributed by atoms with E-state index in [4.69, 9.17) is 0 Å². The summed E-state index contributed by atoms with van der Waals surface area (Å²) >= 11 is 0. The third-order valence-electron chi connectivity index (χ3n) is 3.57. The summed E-state index contributed by atoms with van der Waals surface area (Å²) in [7, 11) is -7.50. The van der Waals surface area contributed by atoms with Crippen LogP contribution in [0.15, 0.2) is 0 Å². The zero-order valence-corrected chi connectivity index (χ0v) is 12.6. The van der Waals surface area contributed by atoms with Gasteiger partial charge >= 0.3 is 5.97 Å². The second kappa shape index (κ2) is 5.37. The number of carbonyl (C=O) groups is 1. The summed E-state index contributed by atoms with van der Waals surface area (Å²) in [5.41, 5.74) is -0.892. The molecule has 0 atom stereocenters. The van der Waals surface area contributed by atoms with Crippen LogP contribution in [0.5, 0.6) is 0 Å². The van der Waals surface area contributed by atoms with Crippen molar-refractivity contribution in [3.63, 3.8) is 0 Å². The summed E-state index contributed by atoms with van der Waals surface area (Å²) < 4.78 is 47.0. The van der Waals surface area contributed by atoms with Crippen LogP contribution in [0.2, 0.25) is 0 Å². The molecule has 0 amide bonds. The Kier molecular flexibility index (Phi) is 4.63. The molecule has 0 spiro atoms. The van der Waals surface area contributed by atoms with Gasteiger partial charge in [0.15, 0.2) is 14.9 Å². The number of rotatable bonds is 5. The highest BCUT2D eigenvalue weighted by molar-refractivity contribution is 8.06. The van der Waals surface area contributed by atoms with Crippen LogP contribution in [0.3, 0.4) is 0 Å². The van der Waals surface area contributed by atoms with Gasteiger partial charge in [-0.2, -0.15) is 0 Å². The lowest BCUT2D eigenvalue weighted by Crippen LogP contribution is -2.47. The van der Waals surface area contributed by atoms with Gasteiger partial charge in [0, 0.05) is 19.3 Å². The molecule has 112 valence electrons. The Hall–Kier alpha value is -0.670. The van der Waals surface area contributed by atoms with Crippen molar-refractivity contribution in [1.82, 2.24) is 4.31 Å². The van der Waals surface area contributed by atoms with Gasteiger partial charge in [-0.3, -0.25) is 4.79 Å². The van der Waals surface area contributed by atoms with E-state index in [0.29, 0.717) is 6.42 Å². The quantitative estimate of drug-likeness (QED) is 0.759. The first-order valence-electron chi connectivity index (χ1n) is 5.91. The van der Waals surface area contributed by atoms with Crippen molar-refractivity contribution in [3.8, 4) is 0 Å². The minimum Gasteiger partial charge on any atom is -0.481 e. The first-order valence-corrected chi connectivity index (χ1v) is 9.58. The van der Waals surface area contributed by atoms with Crippen LogP contribution in [-0.4, -0.2) is 56.6 Å². The van der Waals surface area contributed by atoms with Gasteiger partial charge < -0.3 is 5.11 Å². The molecule has 0 unspecified atom stereocenters. The largest absolute Gasteiger partial charge is 0.481 e. The fraction of sp³-hybridized carbons (Fsp3) is 0.900. The highest BCUT2D eigenvalue weighted by Crippen LogP contribution is 2.36. The van der Waals surface area contributed by atoms with E-state index in [9.17, 15) is 26.7 Å². The SMILES string of the molecule is CCC1(C(=O)O)CCN(S(=O)(=O)CS(C)(=O)=O)CC1. The van der Waals surface area contributed by atoms with Crippen molar-refractivity contribution in [2.45, 2.75) is 26.2 Å². The summed E-state index contributed by atoms with van der Waals surface area (Å²) in [6.07, 6.45) is 1.72. The third-order valence-corrected chi connectivity index (χ3v) is 7.62. The maximum Gasteiger partial charge on any atom is 0.309 e. The lowest BCUT2D eigenvalue weighted by Gasteiger charge is -2.37. The molecule has 0 aromatic heterocycles. The maximum absolute atomic E-state index is 11.9. The van der Waals surface area contributed by atoms with E-state index in [0.717, 1.165) is 10.6 Å². The van der Waals surface area contributed by atoms with Gasteiger partial charge in [0.1, 0.15) is 0 Å². The molecule has 0 radical (unpaired) electrons. The molecule has 0 bridgehead atoms. The molecule has 1 saturated heterocycles. The zero-order valence-electron chi connectivity index (χ0n) is 11.0. The Morgan fingerprint density at radius 2 is 1.68 bits per heavy atom. The van der Waals surface area contributed by atoms with Crippen molar-refractivity contribution in [1.29, 1.82) is 0 Å². The van der Waals surface area contributed by atoms with Crippen LogP contribution < -0.4 is 0 Å². The Bertz CT molecular complexity index is 543. The fourth-order valence-corrected chi connectivity index (χ4v) is 5.76. The monoisotopic (exact) mass is 313 g/mol. The van der Waals surface area contributed by atoms with Crippen LogP contribution >= 0.6 is 0 Å². The molecular weight excluding hydrogens is 294 g/mol. The molecule has 19 heavy (non-hydrogen) atoms. The zero-order chi connectivity index (χ0) is 14.9. The number of aliphatic carboxylic acids is 1. The lowest BCUT2D eigenvalue weighted by atomic mass is 9.77. The normalized spacial score (nSPS) is 21.2. The van der Waals surface area contributed by atoms with Crippen molar-refractivity contribution in [2.75, 3.05) is 24.4 Å². The van der Waals surface area contributed by atoms with E-state index in [2.05, 4.69) is 0 Å². The fourth-order valence-electron chi connectivity index (χ4n) is 2.26. The van der Waals surface area contributed by atoms with Crippen molar-refractivity contribution in [3.05, 3.63) is 0 Å². The Balaban J connectivity index is 2.82. The van der Waals surface area contributed by atoms with Crippen LogP contribution in [0.25, 0.3) is 0 Å². The topological polar surface area (TPSA) is 109 Å². The molecule has 1 aliphatic rings. The van der Waals surface area contributed by atoms with Gasteiger partial charge in [-0.15, -0.1) is 0 Å². The van der Waals surface area contributed by atoms with Gasteiger partial charge in [0.2, 0.25) is 10.0 Å². The van der Waals surface area contributed by atoms with E-state index >= 15 is 0 Å². The third kappa shape index (κ3) is 3.90. The standard InChI is InChI=1S/C10H19NO6S2/c1-3-10(9(12)13)4-6-11(7-5-10)19(16,17)8-18(2,14)15/h3-8H2,1-2H3,(H,12,13). The second-order valence-electron chi connectivity index (χ2n) is 4.99. The summed E-state index contributed by atoms with van der Waals surface area (Å²) in [4.78, 5) is 11.2. The average Bonchev–Trinajstić information content (AvgIpc) is 2.25. The number of hydrogen-bond donors (Lipinski definition) is 1. The molecule has 0 saturated carbocycles. The first kappa shape index (κ1) is 16.4. The minimum atomic E-state index is -3.87. The van der Waals surface area contributed by atoms with Gasteiger partial charge in [0.25, 0.3) is 0 Å². The summed E-state index contributed by atoms with van der Waals surface area (Å²) in [5, 5.41) is 8.28. The lowest BCUT2D eigenvalue weighted by molar-refractivity contribution is -0.151. The first-order chi connectivity index (χ1) is 8.52. The van der Waals surface area contributed by atoms with Crippen molar-refractivity contribution in [2.24, 2.45) is 5.41 Å². The predicted octanol–water partition coefficient (Wildman–Crippen LogP) is -0.105. The average molecular weight is 313 g/mol. The Labute approximate surface area is 113 Å². The van der Waals surface area contributed by atoms with E-state index in [-0.39, 0.29) is 25.9 Å². The molecule has 1 aliphatic heterocycles. The number of carboxylic acids is 1. The molecule has 1 heterocycles. The predicted molar refractivity (Wildman–Crippen MR) is 69.8 cm³/mol. The van der Waals surface area contributed by atoms with E-state index in [1.54, 1.807) is 6.92 Å². The van der Waals surface area contributed by atoms with Gasteiger partial charge in [0.05, 0.1) is 5.41 Å². The molecule has 1 rings (SSSR count). The summed E-state index contributed by atoms with van der Waals surface area (Å²) in [6.45, 7) is 1.87. The van der Waals surface area contributed by atoms with Crippen molar-refractivity contribution >= 4 is 25.8 Å². The van der Waals surface area contributed by atoms with Gasteiger partial charge in [-0.25, -0.2) is 21.1 Å². The van der Waals surface area contributed by atoms with E-state index in [1.165, 1.54) is 0 Å². The second-order valence-corrected chi connectivity index (χ2v) is 9.47. The number of sulfone groups is 1. The molecule has 1 N–H and O–H groups in total. The molecule has 0 aromatic rings. The number of piperidine rings is 1. The molecule has 9 heteroatoms. The number of sulfonamides is 1. The maximum atomic E-state index is 11.9. The number of hydrogen-bond acceptors (Lipinski definition) is 5. The van der Waals surface area contributed by atoms with Gasteiger partial charge in [-0.1, -0.05) is 6.92 Å². The molecule has 0 aromatic carbocycles. The minimum absolute atomic E-state index is 0.0536. The molecule has 1 fully saturated rings. The number of nitrogens with zero attached hydrogens (tertiary/aromatic N) is 1. The van der Waals surface area contributed by atoms with Crippen LogP contribution in [0.4, 0.5) is 0 Å². The molecular formula is C10H19NO6S2. The highest BCUT2D eigenvalue weighted by atomic mass is 32.3. The van der Waals surface area contributed by atoms with Crippen molar-refractivity contribution < 1.29 is 26.7 Å². The van der Waals surface area contributed by atoms with E-state index in [1.807, 2.05) is 0 Å². The molecule has 0 aliphatic carbocycles. The molecule has 7 nitrogen and oxygen atoms in total. The van der Waals surface area contributed by atoms with Crippen LogP contribution in [0, 0.1) is 5.41 Å². The van der Waals surface area contributed by atoms with Crippen LogP contribution in [-0.2, 0) is 24.7 Å². The smallest absolute Gasteiger partial charge is 0.309 e. The van der Waals surface area contributed by atoms with E-state index < -0.39 is 36.3 Å². The Morgan fingerprint density at radius 3 is 2.00 bits per heavy atom. The van der Waals surface area contributed by atoms with Gasteiger partial charge in [-0.05, 0) is 19.3 Å². The summed E-state index contributed by atoms with van der Waals surface area (Å²) in [5.74, 6) is -0.921. The number of carboxylic acid groups (broad SMARTS) is 1. The summed E-state index contributed by atoms with van der Waals surface area (Å²) in [6, 6.07) is 0. The van der Waals surface area contributed by atoms with Crippen LogP contribution in [0.1, 0.15) is 26.2 Å². The Morgan fingerprint density at radius 1 is 1.21 bits per heavy atom.